The maximum Gasteiger partial charge on any atom is 0.147 e. The van der Waals surface area contributed by atoms with Gasteiger partial charge >= 0.3 is 0 Å². The molecule has 19 heavy (non-hydrogen) atoms. The van der Waals surface area contributed by atoms with Gasteiger partial charge in [-0.1, -0.05) is 12.1 Å². The predicted octanol–water partition coefficient (Wildman–Crippen LogP) is 1.85. The third-order valence-corrected chi connectivity index (χ3v) is 3.83. The predicted molar refractivity (Wildman–Crippen MR) is 79.3 cm³/mol. The highest BCUT2D eigenvalue weighted by Crippen LogP contribution is 2.11. The average molecular weight is 285 g/mol. The van der Waals surface area contributed by atoms with Crippen molar-refractivity contribution in [3.8, 4) is 0 Å². The van der Waals surface area contributed by atoms with Crippen LogP contribution in [0.25, 0.3) is 0 Å². The van der Waals surface area contributed by atoms with Gasteiger partial charge in [0, 0.05) is 25.1 Å². The van der Waals surface area contributed by atoms with Crippen LogP contribution >= 0.6 is 0 Å². The third-order valence-electron chi connectivity index (χ3n) is 2.88. The van der Waals surface area contributed by atoms with Gasteiger partial charge in [0.15, 0.2) is 0 Å². The molecule has 0 aromatic heterocycles. The third kappa shape index (κ3) is 7.85. The van der Waals surface area contributed by atoms with Gasteiger partial charge in [0.2, 0.25) is 0 Å². The molecule has 0 atom stereocenters. The molecule has 1 rings (SSSR count). The lowest BCUT2D eigenvalue weighted by molar-refractivity contribution is 0.283. The van der Waals surface area contributed by atoms with Crippen LogP contribution in [0.2, 0.25) is 0 Å². The van der Waals surface area contributed by atoms with Crippen molar-refractivity contribution in [2.24, 2.45) is 0 Å². The SMILES string of the molecule is CS(=O)(=O)CCc1ccc(NCCCCCO)cc1. The molecule has 0 saturated carbocycles. The molecular weight excluding hydrogens is 262 g/mol. The summed E-state index contributed by atoms with van der Waals surface area (Å²) in [5, 5.41) is 12.0. The van der Waals surface area contributed by atoms with Crippen LogP contribution in [0.4, 0.5) is 5.69 Å². The standard InChI is InChI=1S/C14H23NO3S/c1-19(17,18)12-9-13-5-7-14(8-6-13)15-10-3-2-4-11-16/h5-8,15-16H,2-4,9-12H2,1H3. The fourth-order valence-corrected chi connectivity index (χ4v) is 2.35. The summed E-state index contributed by atoms with van der Waals surface area (Å²) >= 11 is 0. The van der Waals surface area contributed by atoms with Crippen LogP contribution < -0.4 is 5.32 Å². The van der Waals surface area contributed by atoms with E-state index in [2.05, 4.69) is 5.32 Å². The first kappa shape index (κ1) is 16.0. The van der Waals surface area contributed by atoms with Gasteiger partial charge in [0.1, 0.15) is 9.84 Å². The molecule has 4 nitrogen and oxygen atoms in total. The first-order valence-electron chi connectivity index (χ1n) is 6.62. The zero-order valence-electron chi connectivity index (χ0n) is 11.4. The summed E-state index contributed by atoms with van der Waals surface area (Å²) < 4.78 is 22.1. The van der Waals surface area contributed by atoms with E-state index in [1.807, 2.05) is 24.3 Å². The van der Waals surface area contributed by atoms with Crippen molar-refractivity contribution >= 4 is 15.5 Å². The molecule has 0 heterocycles. The minimum Gasteiger partial charge on any atom is -0.396 e. The van der Waals surface area contributed by atoms with E-state index >= 15 is 0 Å². The van der Waals surface area contributed by atoms with E-state index in [0.717, 1.165) is 37.1 Å². The molecule has 0 aliphatic carbocycles. The first-order chi connectivity index (χ1) is 9.01. The number of hydrogen-bond acceptors (Lipinski definition) is 4. The summed E-state index contributed by atoms with van der Waals surface area (Å²) in [5.74, 6) is 0.195. The van der Waals surface area contributed by atoms with Crippen molar-refractivity contribution in [2.75, 3.05) is 30.5 Å². The zero-order chi connectivity index (χ0) is 14.1. The van der Waals surface area contributed by atoms with Gasteiger partial charge in [-0.3, -0.25) is 0 Å². The highest BCUT2D eigenvalue weighted by molar-refractivity contribution is 7.90. The highest BCUT2D eigenvalue weighted by atomic mass is 32.2. The monoisotopic (exact) mass is 285 g/mol. The molecule has 2 N–H and O–H groups in total. The summed E-state index contributed by atoms with van der Waals surface area (Å²) in [4.78, 5) is 0. The molecule has 5 heteroatoms. The largest absolute Gasteiger partial charge is 0.396 e. The molecule has 0 saturated heterocycles. The van der Waals surface area contributed by atoms with Gasteiger partial charge in [-0.15, -0.1) is 0 Å². The molecular formula is C14H23NO3S. The number of unbranched alkanes of at least 4 members (excludes halogenated alkanes) is 2. The van der Waals surface area contributed by atoms with Crippen LogP contribution in [0.1, 0.15) is 24.8 Å². The number of benzene rings is 1. The van der Waals surface area contributed by atoms with Crippen molar-refractivity contribution in [2.45, 2.75) is 25.7 Å². The van der Waals surface area contributed by atoms with Gasteiger partial charge in [0.25, 0.3) is 0 Å². The quantitative estimate of drug-likeness (QED) is 0.680. The molecule has 1 aromatic carbocycles. The van der Waals surface area contributed by atoms with E-state index in [1.165, 1.54) is 6.26 Å². The second kappa shape index (κ2) is 8.17. The number of anilines is 1. The first-order valence-corrected chi connectivity index (χ1v) is 8.69. The fraction of sp³-hybridized carbons (Fsp3) is 0.571. The zero-order valence-corrected chi connectivity index (χ0v) is 12.2. The lowest BCUT2D eigenvalue weighted by Gasteiger charge is -2.07. The van der Waals surface area contributed by atoms with Crippen molar-refractivity contribution in [3.05, 3.63) is 29.8 Å². The number of aliphatic hydroxyl groups excluding tert-OH is 1. The van der Waals surface area contributed by atoms with E-state index in [4.69, 9.17) is 5.11 Å². The molecule has 0 spiro atoms. The molecule has 0 amide bonds. The number of sulfone groups is 1. The Bertz CT molecular complexity index is 454. The Kier molecular flexibility index (Phi) is 6.87. The molecule has 0 radical (unpaired) electrons. The molecule has 0 aliphatic heterocycles. The van der Waals surface area contributed by atoms with Crippen LogP contribution in [-0.2, 0) is 16.3 Å². The Morgan fingerprint density at radius 2 is 1.79 bits per heavy atom. The number of aryl methyl sites for hydroxylation is 1. The van der Waals surface area contributed by atoms with E-state index in [0.29, 0.717) is 6.42 Å². The topological polar surface area (TPSA) is 66.4 Å². The molecule has 0 fully saturated rings. The van der Waals surface area contributed by atoms with Crippen molar-refractivity contribution < 1.29 is 13.5 Å². The van der Waals surface area contributed by atoms with Gasteiger partial charge in [-0.05, 0) is 43.4 Å². The minimum absolute atomic E-state index is 0.195. The molecule has 0 unspecified atom stereocenters. The molecule has 108 valence electrons. The molecule has 0 bridgehead atoms. The Balaban J connectivity index is 2.31. The normalized spacial score (nSPS) is 11.5. The summed E-state index contributed by atoms with van der Waals surface area (Å²) in [6, 6.07) is 7.87. The van der Waals surface area contributed by atoms with Crippen LogP contribution in [0.5, 0.6) is 0 Å². The summed E-state index contributed by atoms with van der Waals surface area (Å²) in [6.45, 7) is 1.15. The van der Waals surface area contributed by atoms with Gasteiger partial charge in [-0.25, -0.2) is 8.42 Å². The minimum atomic E-state index is -2.89. The van der Waals surface area contributed by atoms with Crippen LogP contribution in [-0.4, -0.2) is 38.7 Å². The lowest BCUT2D eigenvalue weighted by atomic mass is 10.1. The van der Waals surface area contributed by atoms with E-state index in [-0.39, 0.29) is 12.4 Å². The number of nitrogens with one attached hydrogen (secondary N) is 1. The van der Waals surface area contributed by atoms with Crippen molar-refractivity contribution in [3.63, 3.8) is 0 Å². The fourth-order valence-electron chi connectivity index (χ4n) is 1.74. The van der Waals surface area contributed by atoms with Gasteiger partial charge < -0.3 is 10.4 Å². The van der Waals surface area contributed by atoms with Crippen LogP contribution in [0.15, 0.2) is 24.3 Å². The second-order valence-electron chi connectivity index (χ2n) is 4.79. The van der Waals surface area contributed by atoms with Crippen LogP contribution in [0, 0.1) is 0 Å². The molecule has 0 aliphatic rings. The summed E-state index contributed by atoms with van der Waals surface area (Å²) in [5.41, 5.74) is 2.09. The second-order valence-corrected chi connectivity index (χ2v) is 7.05. The number of rotatable bonds is 9. The van der Waals surface area contributed by atoms with Gasteiger partial charge in [0.05, 0.1) is 5.75 Å². The van der Waals surface area contributed by atoms with Crippen molar-refractivity contribution in [1.29, 1.82) is 0 Å². The van der Waals surface area contributed by atoms with E-state index in [1.54, 1.807) is 0 Å². The molecule has 1 aromatic rings. The Labute approximate surface area is 115 Å². The Morgan fingerprint density at radius 1 is 1.11 bits per heavy atom. The smallest absolute Gasteiger partial charge is 0.147 e. The summed E-state index contributed by atoms with van der Waals surface area (Å²) in [7, 11) is -2.89. The number of hydrogen-bond donors (Lipinski definition) is 2. The highest BCUT2D eigenvalue weighted by Gasteiger charge is 2.02. The maximum absolute atomic E-state index is 11.1. The maximum atomic E-state index is 11.1. The van der Waals surface area contributed by atoms with Gasteiger partial charge in [-0.2, -0.15) is 0 Å². The van der Waals surface area contributed by atoms with E-state index < -0.39 is 9.84 Å². The number of aliphatic hydroxyl groups is 1. The summed E-state index contributed by atoms with van der Waals surface area (Å²) in [6.07, 6.45) is 4.74. The Morgan fingerprint density at radius 3 is 2.37 bits per heavy atom. The van der Waals surface area contributed by atoms with Crippen LogP contribution in [0.3, 0.4) is 0 Å². The average Bonchev–Trinajstić information content (AvgIpc) is 2.37. The lowest BCUT2D eigenvalue weighted by Crippen LogP contribution is -2.06. The Hall–Kier alpha value is -1.07. The van der Waals surface area contributed by atoms with Crippen molar-refractivity contribution in [1.82, 2.24) is 0 Å². The van der Waals surface area contributed by atoms with E-state index in [9.17, 15) is 8.42 Å².